The third kappa shape index (κ3) is 10.4. The molecule has 4 amide bonds. The molecule has 0 aliphatic carbocycles. The van der Waals surface area contributed by atoms with Crippen LogP contribution in [0.15, 0.2) is 90.0 Å². The summed E-state index contributed by atoms with van der Waals surface area (Å²) < 4.78 is 10.6. The molecule has 2 atom stereocenters. The van der Waals surface area contributed by atoms with Crippen LogP contribution < -0.4 is 21.5 Å². The summed E-state index contributed by atoms with van der Waals surface area (Å²) in [7, 11) is 1.53. The molecule has 1 aliphatic rings. The lowest BCUT2D eigenvalue weighted by atomic mass is 10.00. The summed E-state index contributed by atoms with van der Waals surface area (Å²) in [6, 6.07) is 22.1. The second-order valence-corrected chi connectivity index (χ2v) is 11.5. The Kier molecular flexibility index (Phi) is 13.1. The molecule has 4 rings (SSSR count). The maximum Gasteiger partial charge on any atom is 0.408 e. The highest BCUT2D eigenvalue weighted by molar-refractivity contribution is 5.95. The number of guanidine groups is 1. The maximum atomic E-state index is 14.3. The highest BCUT2D eigenvalue weighted by Crippen LogP contribution is 2.21. The minimum Gasteiger partial charge on any atom is -0.497 e. The Balaban J connectivity index is 1.56. The van der Waals surface area contributed by atoms with E-state index in [9.17, 15) is 29.1 Å². The van der Waals surface area contributed by atoms with Crippen molar-refractivity contribution in [3.63, 3.8) is 0 Å². The number of hydrogen-bond acceptors (Lipinski definition) is 8. The van der Waals surface area contributed by atoms with E-state index in [0.717, 1.165) is 10.6 Å². The summed E-state index contributed by atoms with van der Waals surface area (Å²) >= 11 is 0. The number of nitrogens with one attached hydrogen (secondary N) is 1. The van der Waals surface area contributed by atoms with Gasteiger partial charge in [0.05, 0.1) is 7.11 Å². The lowest BCUT2D eigenvalue weighted by Crippen LogP contribution is -2.63. The van der Waals surface area contributed by atoms with E-state index in [1.54, 1.807) is 66.7 Å². The number of hydrogen-bond donors (Lipinski definition) is 4. The molecule has 15 heteroatoms. The molecule has 0 aromatic heterocycles. The Morgan fingerprint density at radius 3 is 2.24 bits per heavy atom. The number of rotatable bonds is 15. The van der Waals surface area contributed by atoms with E-state index in [2.05, 4.69) is 10.4 Å². The molecular weight excluding hydrogens is 646 g/mol. The lowest BCUT2D eigenvalue weighted by Gasteiger charge is -2.41. The van der Waals surface area contributed by atoms with E-state index >= 15 is 0 Å². The zero-order valence-corrected chi connectivity index (χ0v) is 27.6. The number of methoxy groups -OCH3 is 1. The molecule has 3 aromatic rings. The molecule has 1 saturated heterocycles. The average Bonchev–Trinajstić information content (AvgIpc) is 3.11. The number of alkyl carbamates (subject to hydrolysis) is 1. The van der Waals surface area contributed by atoms with Gasteiger partial charge < -0.3 is 41.2 Å². The summed E-state index contributed by atoms with van der Waals surface area (Å²) in [5, 5.41) is 17.1. The van der Waals surface area contributed by atoms with Gasteiger partial charge in [-0.1, -0.05) is 60.7 Å². The van der Waals surface area contributed by atoms with Gasteiger partial charge in [0.2, 0.25) is 17.8 Å². The number of carbonyl (C=O) groups is 5. The number of ether oxygens (including phenoxy) is 2. The first-order valence-electron chi connectivity index (χ1n) is 15.9. The van der Waals surface area contributed by atoms with Crippen LogP contribution >= 0.6 is 0 Å². The van der Waals surface area contributed by atoms with Crippen molar-refractivity contribution in [2.24, 2.45) is 16.6 Å². The minimum absolute atomic E-state index is 0.00291. The first-order chi connectivity index (χ1) is 24.0. The van der Waals surface area contributed by atoms with Gasteiger partial charge in [-0.05, 0) is 48.2 Å². The summed E-state index contributed by atoms with van der Waals surface area (Å²) in [6.07, 6.45) is -0.581. The zero-order valence-electron chi connectivity index (χ0n) is 27.6. The van der Waals surface area contributed by atoms with Crippen molar-refractivity contribution >= 4 is 35.7 Å². The van der Waals surface area contributed by atoms with Crippen LogP contribution in [0.2, 0.25) is 0 Å². The van der Waals surface area contributed by atoms with Crippen molar-refractivity contribution < 1.29 is 38.6 Å². The molecule has 0 radical (unpaired) electrons. The molecule has 0 unspecified atom stereocenters. The molecule has 1 fully saturated rings. The number of aliphatic carboxylic acids is 1. The number of nitrogens with two attached hydrogens (primary N) is 2. The Morgan fingerprint density at radius 1 is 0.960 bits per heavy atom. The fourth-order valence-electron chi connectivity index (χ4n) is 5.51. The van der Waals surface area contributed by atoms with E-state index in [1.807, 2.05) is 18.2 Å². The molecular formula is C35H41N7O8. The van der Waals surface area contributed by atoms with Crippen LogP contribution in [-0.4, -0.2) is 101 Å². The Bertz CT molecular complexity index is 1650. The summed E-state index contributed by atoms with van der Waals surface area (Å²) in [5.74, 6) is -2.57. The highest BCUT2D eigenvalue weighted by Gasteiger charge is 2.40. The smallest absolute Gasteiger partial charge is 0.408 e. The molecule has 264 valence electrons. The highest BCUT2D eigenvalue weighted by atomic mass is 16.5. The fourth-order valence-corrected chi connectivity index (χ4v) is 5.51. The predicted molar refractivity (Wildman–Crippen MR) is 182 cm³/mol. The number of benzene rings is 3. The molecule has 3 aromatic carbocycles. The third-order valence-electron chi connectivity index (χ3n) is 7.93. The van der Waals surface area contributed by atoms with Crippen molar-refractivity contribution in [2.45, 2.75) is 38.0 Å². The molecule has 0 bridgehead atoms. The normalized spacial score (nSPS) is 14.7. The number of carbonyl (C=O) groups excluding carboxylic acids is 4. The van der Waals surface area contributed by atoms with E-state index in [-0.39, 0.29) is 51.5 Å². The van der Waals surface area contributed by atoms with Gasteiger partial charge in [-0.15, -0.1) is 5.10 Å². The summed E-state index contributed by atoms with van der Waals surface area (Å²) in [4.78, 5) is 68.2. The van der Waals surface area contributed by atoms with Gasteiger partial charge in [0, 0.05) is 31.6 Å². The monoisotopic (exact) mass is 687 g/mol. The van der Waals surface area contributed by atoms with Gasteiger partial charge in [-0.25, -0.2) is 9.80 Å². The van der Waals surface area contributed by atoms with Crippen LogP contribution in [0.5, 0.6) is 5.75 Å². The second kappa shape index (κ2) is 17.9. The number of carboxylic acids is 1. The average molecular weight is 688 g/mol. The van der Waals surface area contributed by atoms with Crippen LogP contribution in [0, 0.1) is 0 Å². The van der Waals surface area contributed by atoms with E-state index in [4.69, 9.17) is 20.9 Å². The van der Waals surface area contributed by atoms with Gasteiger partial charge in [-0.2, -0.15) is 0 Å². The van der Waals surface area contributed by atoms with E-state index in [0.29, 0.717) is 16.9 Å². The van der Waals surface area contributed by atoms with Crippen LogP contribution in [-0.2, 0) is 32.1 Å². The van der Waals surface area contributed by atoms with Crippen molar-refractivity contribution in [2.75, 3.05) is 33.3 Å². The molecule has 0 saturated carbocycles. The number of carboxylic acid groups (broad SMARTS) is 1. The largest absolute Gasteiger partial charge is 0.497 e. The quantitative estimate of drug-likeness (QED) is 0.103. The van der Waals surface area contributed by atoms with Crippen molar-refractivity contribution in [3.8, 4) is 5.75 Å². The second-order valence-electron chi connectivity index (χ2n) is 11.5. The van der Waals surface area contributed by atoms with Crippen LogP contribution in [0.4, 0.5) is 4.79 Å². The Hall–Kier alpha value is -6.12. The maximum absolute atomic E-state index is 14.3. The Morgan fingerprint density at radius 2 is 1.62 bits per heavy atom. The first kappa shape index (κ1) is 36.7. The van der Waals surface area contributed by atoms with Crippen LogP contribution in [0.1, 0.15) is 34.3 Å². The molecule has 0 spiro atoms. The first-order valence-corrected chi connectivity index (χ1v) is 15.9. The van der Waals surface area contributed by atoms with Crippen LogP contribution in [0.25, 0.3) is 0 Å². The number of amides is 4. The fraction of sp³-hybridized carbons (Fsp3) is 0.314. The zero-order chi connectivity index (χ0) is 36.0. The van der Waals surface area contributed by atoms with Gasteiger partial charge in [0.1, 0.15) is 31.0 Å². The molecule has 6 N–H and O–H groups in total. The molecule has 1 heterocycles. The number of piperazine rings is 1. The van der Waals surface area contributed by atoms with Crippen molar-refractivity contribution in [3.05, 3.63) is 102 Å². The number of nitrogens with zero attached hydrogens (tertiary/aromatic N) is 4. The lowest BCUT2D eigenvalue weighted by molar-refractivity contribution is -0.156. The summed E-state index contributed by atoms with van der Waals surface area (Å²) in [6.45, 7) is -0.630. The minimum atomic E-state index is -1.20. The van der Waals surface area contributed by atoms with E-state index < -0.39 is 48.4 Å². The van der Waals surface area contributed by atoms with Crippen molar-refractivity contribution in [1.82, 2.24) is 20.1 Å². The van der Waals surface area contributed by atoms with Crippen LogP contribution in [0.3, 0.4) is 0 Å². The SMILES string of the molecule is COc1ccc(C[C@H](NC(=O)OCc2ccccc2)C(=O)N2CCN(CC(=O)O)C(=O)[C@@H]2CCCN(N=C(N)N)C(=O)c2ccccc2)cc1. The third-order valence-corrected chi connectivity index (χ3v) is 7.93. The summed E-state index contributed by atoms with van der Waals surface area (Å²) in [5.41, 5.74) is 13.0. The Labute approximate surface area is 289 Å². The van der Waals surface area contributed by atoms with E-state index in [1.165, 1.54) is 16.9 Å². The predicted octanol–water partition coefficient (Wildman–Crippen LogP) is 1.77. The van der Waals surface area contributed by atoms with Gasteiger partial charge >= 0.3 is 12.1 Å². The molecule has 1 aliphatic heterocycles. The molecule has 50 heavy (non-hydrogen) atoms. The van der Waals surface area contributed by atoms with Crippen molar-refractivity contribution in [1.29, 1.82) is 0 Å². The van der Waals surface area contributed by atoms with Gasteiger partial charge in [0.25, 0.3) is 5.91 Å². The van der Waals surface area contributed by atoms with Gasteiger partial charge in [-0.3, -0.25) is 19.2 Å². The van der Waals surface area contributed by atoms with Gasteiger partial charge in [0.15, 0.2) is 0 Å². The molecule has 15 nitrogen and oxygen atoms in total. The topological polar surface area (TPSA) is 210 Å². The number of hydrazone groups is 1. The standard InChI is InChI=1S/C35H41N7O8/c1-49-27-16-14-24(15-17-27)21-28(38-35(48)50-23-25-9-4-2-5-10-25)32(46)41-20-19-40(22-30(43)44)33(47)29(41)13-8-18-42(39-34(36)37)31(45)26-11-6-3-7-12-26/h2-7,9-12,14-17,28-29H,8,13,18-23H2,1H3,(H,38,48)(H,43,44)(H4,36,37,39)/t28-,29-/m0/s1.